The lowest BCUT2D eigenvalue weighted by Crippen LogP contribution is -2.43. The van der Waals surface area contributed by atoms with Crippen molar-refractivity contribution in [2.24, 2.45) is 0 Å². The van der Waals surface area contributed by atoms with Crippen molar-refractivity contribution in [3.63, 3.8) is 0 Å². The van der Waals surface area contributed by atoms with Crippen molar-refractivity contribution in [1.29, 1.82) is 0 Å². The summed E-state index contributed by atoms with van der Waals surface area (Å²) in [6.07, 6.45) is 8.08. The summed E-state index contributed by atoms with van der Waals surface area (Å²) in [5.74, 6) is -0.126. The third kappa shape index (κ3) is 5.04. The Kier molecular flexibility index (Phi) is 5.81. The van der Waals surface area contributed by atoms with E-state index >= 15 is 0 Å². The van der Waals surface area contributed by atoms with Crippen molar-refractivity contribution in [2.45, 2.75) is 50.7 Å². The summed E-state index contributed by atoms with van der Waals surface area (Å²) in [6, 6.07) is 0.350. The van der Waals surface area contributed by atoms with Gasteiger partial charge in [0.15, 0.2) is 0 Å². The SMILES string of the molecule is O=C(CC1COCCN1)Nc1cnn(CC(=O)NC2CCCC2)c1. The molecule has 0 radical (unpaired) electrons. The van der Waals surface area contributed by atoms with Crippen molar-refractivity contribution in [2.75, 3.05) is 25.1 Å². The molecular formula is C16H25N5O3. The average Bonchev–Trinajstić information content (AvgIpc) is 3.20. The standard InChI is InChI=1S/C16H25N5O3/c22-15(7-13-11-24-6-5-17-13)20-14-8-18-21(9-14)10-16(23)19-12-3-1-2-4-12/h8-9,12-13,17H,1-7,10-11H2,(H,19,23)(H,20,22). The van der Waals surface area contributed by atoms with Crippen LogP contribution in [0.1, 0.15) is 32.1 Å². The van der Waals surface area contributed by atoms with Gasteiger partial charge in [-0.3, -0.25) is 14.3 Å². The van der Waals surface area contributed by atoms with E-state index in [1.807, 2.05) is 0 Å². The maximum Gasteiger partial charge on any atom is 0.241 e. The molecule has 3 N–H and O–H groups in total. The van der Waals surface area contributed by atoms with E-state index < -0.39 is 0 Å². The first kappa shape index (κ1) is 16.9. The lowest BCUT2D eigenvalue weighted by Gasteiger charge is -2.23. The summed E-state index contributed by atoms with van der Waals surface area (Å²) in [7, 11) is 0. The molecule has 8 nitrogen and oxygen atoms in total. The number of amides is 2. The van der Waals surface area contributed by atoms with Crippen LogP contribution < -0.4 is 16.0 Å². The van der Waals surface area contributed by atoms with Gasteiger partial charge >= 0.3 is 0 Å². The van der Waals surface area contributed by atoms with Gasteiger partial charge < -0.3 is 20.7 Å². The molecule has 0 aromatic carbocycles. The van der Waals surface area contributed by atoms with E-state index in [2.05, 4.69) is 21.0 Å². The summed E-state index contributed by atoms with van der Waals surface area (Å²) in [4.78, 5) is 24.0. The van der Waals surface area contributed by atoms with Gasteiger partial charge in [0.05, 0.1) is 25.1 Å². The lowest BCUT2D eigenvalue weighted by molar-refractivity contribution is -0.122. The Hall–Kier alpha value is -1.93. The average molecular weight is 335 g/mol. The van der Waals surface area contributed by atoms with Crippen molar-refractivity contribution >= 4 is 17.5 Å². The second-order valence-electron chi connectivity index (χ2n) is 6.45. The fraction of sp³-hybridized carbons (Fsp3) is 0.688. The van der Waals surface area contributed by atoms with Crippen LogP contribution in [0.3, 0.4) is 0 Å². The third-order valence-electron chi connectivity index (χ3n) is 4.37. The monoisotopic (exact) mass is 335 g/mol. The first-order valence-electron chi connectivity index (χ1n) is 8.62. The Balaban J connectivity index is 1.42. The largest absolute Gasteiger partial charge is 0.378 e. The minimum atomic E-state index is -0.0899. The first-order chi connectivity index (χ1) is 11.7. The van der Waals surface area contributed by atoms with E-state index in [1.54, 1.807) is 17.1 Å². The fourth-order valence-electron chi connectivity index (χ4n) is 3.19. The van der Waals surface area contributed by atoms with Gasteiger partial charge in [-0.1, -0.05) is 12.8 Å². The molecule has 2 fully saturated rings. The van der Waals surface area contributed by atoms with Crippen LogP contribution in [0.15, 0.2) is 12.4 Å². The number of aromatic nitrogens is 2. The van der Waals surface area contributed by atoms with Crippen LogP contribution in [0, 0.1) is 0 Å². The molecule has 1 saturated heterocycles. The van der Waals surface area contributed by atoms with Gasteiger partial charge in [-0.05, 0) is 12.8 Å². The summed E-state index contributed by atoms with van der Waals surface area (Å²) >= 11 is 0. The maximum absolute atomic E-state index is 12.0. The van der Waals surface area contributed by atoms with Crippen molar-refractivity contribution in [3.05, 3.63) is 12.4 Å². The third-order valence-corrected chi connectivity index (χ3v) is 4.37. The number of anilines is 1. The molecule has 1 atom stereocenters. The fourth-order valence-corrected chi connectivity index (χ4v) is 3.19. The van der Waals surface area contributed by atoms with Crippen LogP contribution in [0.5, 0.6) is 0 Å². The van der Waals surface area contributed by atoms with Crippen molar-refractivity contribution in [3.8, 4) is 0 Å². The summed E-state index contributed by atoms with van der Waals surface area (Å²) in [5, 5.41) is 13.2. The molecule has 1 aromatic heterocycles. The van der Waals surface area contributed by atoms with Gasteiger partial charge in [-0.25, -0.2) is 0 Å². The molecule has 1 unspecified atom stereocenters. The molecule has 0 bridgehead atoms. The normalized spacial score (nSPS) is 21.6. The minimum absolute atomic E-state index is 0.0357. The quantitative estimate of drug-likeness (QED) is 0.693. The number of nitrogens with zero attached hydrogens (tertiary/aromatic N) is 2. The zero-order valence-corrected chi connectivity index (χ0v) is 13.8. The topological polar surface area (TPSA) is 97.3 Å². The van der Waals surface area contributed by atoms with Gasteiger partial charge in [0, 0.05) is 31.2 Å². The van der Waals surface area contributed by atoms with Gasteiger partial charge in [0.2, 0.25) is 11.8 Å². The number of morpholine rings is 1. The van der Waals surface area contributed by atoms with Gasteiger partial charge in [-0.2, -0.15) is 5.10 Å². The van der Waals surface area contributed by atoms with E-state index in [9.17, 15) is 9.59 Å². The van der Waals surface area contributed by atoms with E-state index in [0.717, 1.165) is 19.4 Å². The zero-order chi connectivity index (χ0) is 16.8. The molecule has 24 heavy (non-hydrogen) atoms. The van der Waals surface area contributed by atoms with E-state index in [0.29, 0.717) is 31.4 Å². The Bertz CT molecular complexity index is 562. The number of hydrogen-bond acceptors (Lipinski definition) is 5. The maximum atomic E-state index is 12.0. The molecule has 1 saturated carbocycles. The molecule has 1 aliphatic carbocycles. The van der Waals surface area contributed by atoms with Crippen LogP contribution in [-0.4, -0.2) is 53.4 Å². The predicted octanol–water partition coefficient (Wildman–Crippen LogP) is 0.259. The van der Waals surface area contributed by atoms with Gasteiger partial charge in [-0.15, -0.1) is 0 Å². The van der Waals surface area contributed by atoms with Crippen LogP contribution in [0.2, 0.25) is 0 Å². The van der Waals surface area contributed by atoms with Crippen LogP contribution >= 0.6 is 0 Å². The molecule has 2 amide bonds. The molecular weight excluding hydrogens is 310 g/mol. The van der Waals surface area contributed by atoms with Crippen molar-refractivity contribution in [1.82, 2.24) is 20.4 Å². The highest BCUT2D eigenvalue weighted by Gasteiger charge is 2.19. The zero-order valence-electron chi connectivity index (χ0n) is 13.8. The number of carbonyl (C=O) groups excluding carboxylic acids is 2. The van der Waals surface area contributed by atoms with Crippen LogP contribution in [0.25, 0.3) is 0 Å². The van der Waals surface area contributed by atoms with Gasteiger partial charge in [0.25, 0.3) is 0 Å². The summed E-state index contributed by atoms with van der Waals surface area (Å²) < 4.78 is 6.88. The molecule has 2 aliphatic rings. The molecule has 1 aromatic rings. The second-order valence-corrected chi connectivity index (χ2v) is 6.45. The number of rotatable bonds is 6. The highest BCUT2D eigenvalue weighted by atomic mass is 16.5. The lowest BCUT2D eigenvalue weighted by atomic mass is 10.2. The number of carbonyl (C=O) groups is 2. The number of ether oxygens (including phenoxy) is 1. The van der Waals surface area contributed by atoms with E-state index in [1.165, 1.54) is 12.8 Å². The van der Waals surface area contributed by atoms with Crippen LogP contribution in [-0.2, 0) is 20.9 Å². The minimum Gasteiger partial charge on any atom is -0.378 e. The molecule has 1 aliphatic heterocycles. The molecule has 0 spiro atoms. The second kappa shape index (κ2) is 8.25. The highest BCUT2D eigenvalue weighted by Crippen LogP contribution is 2.17. The molecule has 2 heterocycles. The Morgan fingerprint density at radius 3 is 2.92 bits per heavy atom. The smallest absolute Gasteiger partial charge is 0.241 e. The van der Waals surface area contributed by atoms with Crippen molar-refractivity contribution < 1.29 is 14.3 Å². The van der Waals surface area contributed by atoms with Crippen LogP contribution in [0.4, 0.5) is 5.69 Å². The molecule has 132 valence electrons. The number of nitrogens with one attached hydrogen (secondary N) is 3. The summed E-state index contributed by atoms with van der Waals surface area (Å²) in [6.45, 7) is 2.18. The Labute approximate surface area is 141 Å². The van der Waals surface area contributed by atoms with E-state index in [-0.39, 0.29) is 24.4 Å². The van der Waals surface area contributed by atoms with E-state index in [4.69, 9.17) is 4.74 Å². The molecule has 3 rings (SSSR count). The summed E-state index contributed by atoms with van der Waals surface area (Å²) in [5.41, 5.74) is 0.602. The van der Waals surface area contributed by atoms with Gasteiger partial charge in [0.1, 0.15) is 6.54 Å². The Morgan fingerprint density at radius 2 is 2.17 bits per heavy atom. The number of hydrogen-bond donors (Lipinski definition) is 3. The predicted molar refractivity (Wildman–Crippen MR) is 88.5 cm³/mol. The molecule has 8 heteroatoms. The Morgan fingerprint density at radius 1 is 1.33 bits per heavy atom. The first-order valence-corrected chi connectivity index (χ1v) is 8.62. The highest BCUT2D eigenvalue weighted by molar-refractivity contribution is 5.90.